The molecule has 0 saturated carbocycles. The predicted octanol–water partition coefficient (Wildman–Crippen LogP) is 0.685. The maximum absolute atomic E-state index is 11.2. The number of methoxy groups -OCH3 is 1. The first-order chi connectivity index (χ1) is 3.81. The van der Waals surface area contributed by atoms with Crippen molar-refractivity contribution in [3.05, 3.63) is 12.2 Å². The molecule has 0 fully saturated rings. The third-order valence-corrected chi connectivity index (χ3v) is 0.544. The second-order valence-corrected chi connectivity index (χ2v) is 1.08. The molecule has 8 heavy (non-hydrogen) atoms. The van der Waals surface area contributed by atoms with Gasteiger partial charge in [0, 0.05) is 6.08 Å². The Morgan fingerprint density at radius 1 is 1.88 bits per heavy atom. The van der Waals surface area contributed by atoms with E-state index in [0.29, 0.717) is 0 Å². The fourth-order valence-corrected chi connectivity index (χ4v) is 0.209. The molecule has 3 heteroatoms. The number of carbonyl (C=O) groups excluding carboxylic acids is 1. The lowest BCUT2D eigenvalue weighted by atomic mass is 10.5. The van der Waals surface area contributed by atoms with Crippen molar-refractivity contribution >= 4 is 5.97 Å². The number of allylic oxidation sites excluding steroid dienone is 1. The van der Waals surface area contributed by atoms with E-state index in [0.717, 1.165) is 12.2 Å². The van der Waals surface area contributed by atoms with Gasteiger partial charge in [0.25, 0.3) is 0 Å². The van der Waals surface area contributed by atoms with Crippen molar-refractivity contribution in [2.45, 2.75) is 0 Å². The number of alkyl halides is 1. The molecule has 0 spiro atoms. The number of hydrogen-bond donors (Lipinski definition) is 0. The van der Waals surface area contributed by atoms with Gasteiger partial charge in [-0.2, -0.15) is 0 Å². The Bertz CT molecular complexity index is 98.6. The van der Waals surface area contributed by atoms with Crippen molar-refractivity contribution in [1.82, 2.24) is 0 Å². The largest absolute Gasteiger partial charge is 0.466 e. The van der Waals surface area contributed by atoms with Crippen LogP contribution in [0.4, 0.5) is 4.39 Å². The van der Waals surface area contributed by atoms with E-state index in [1.807, 2.05) is 0 Å². The zero-order valence-corrected chi connectivity index (χ0v) is 4.56. The molecule has 0 amide bonds. The van der Waals surface area contributed by atoms with E-state index in [-0.39, 0.29) is 0 Å². The SMILES string of the molecule is COC(=O)/C=C/CF. The molecule has 0 atom stereocenters. The van der Waals surface area contributed by atoms with Crippen LogP contribution in [0.1, 0.15) is 0 Å². The van der Waals surface area contributed by atoms with Crippen LogP contribution in [0.25, 0.3) is 0 Å². The average molecular weight is 118 g/mol. The third-order valence-electron chi connectivity index (χ3n) is 0.544. The fraction of sp³-hybridized carbons (Fsp3) is 0.400. The highest BCUT2D eigenvalue weighted by Crippen LogP contribution is 1.77. The standard InChI is InChI=1S/C5H7FO2/c1-8-5(7)3-2-4-6/h2-3H,4H2,1H3/b3-2+. The van der Waals surface area contributed by atoms with Crippen LogP contribution in [-0.4, -0.2) is 19.8 Å². The van der Waals surface area contributed by atoms with Crippen LogP contribution in [0, 0.1) is 0 Å². The maximum atomic E-state index is 11.2. The van der Waals surface area contributed by atoms with Crippen LogP contribution in [0.3, 0.4) is 0 Å². The number of ether oxygens (including phenoxy) is 1. The molecule has 0 unspecified atom stereocenters. The minimum absolute atomic E-state index is 0.525. The molecule has 0 radical (unpaired) electrons. The summed E-state index contributed by atoms with van der Waals surface area (Å²) < 4.78 is 15.4. The van der Waals surface area contributed by atoms with Gasteiger partial charge >= 0.3 is 5.97 Å². The molecule has 0 bridgehead atoms. The molecular formula is C5H7FO2. The topological polar surface area (TPSA) is 26.3 Å². The Kier molecular flexibility index (Phi) is 3.84. The summed E-state index contributed by atoms with van der Waals surface area (Å²) in [6, 6.07) is 0. The molecule has 0 saturated heterocycles. The highest BCUT2D eigenvalue weighted by Gasteiger charge is 1.86. The van der Waals surface area contributed by atoms with Crippen LogP contribution in [0.5, 0.6) is 0 Å². The molecule has 0 aliphatic heterocycles. The lowest BCUT2D eigenvalue weighted by molar-refractivity contribution is -0.134. The van der Waals surface area contributed by atoms with E-state index in [4.69, 9.17) is 0 Å². The van der Waals surface area contributed by atoms with Gasteiger partial charge in [-0.05, 0) is 6.08 Å². The van der Waals surface area contributed by atoms with Crippen LogP contribution in [0.2, 0.25) is 0 Å². The summed E-state index contributed by atoms with van der Waals surface area (Å²) in [7, 11) is 1.24. The van der Waals surface area contributed by atoms with Crippen LogP contribution >= 0.6 is 0 Å². The zero-order valence-electron chi connectivity index (χ0n) is 4.56. The van der Waals surface area contributed by atoms with Crippen LogP contribution in [-0.2, 0) is 9.53 Å². The zero-order chi connectivity index (χ0) is 6.41. The average Bonchev–Trinajstić information content (AvgIpc) is 1.83. The monoisotopic (exact) mass is 118 g/mol. The van der Waals surface area contributed by atoms with E-state index in [1.54, 1.807) is 0 Å². The van der Waals surface area contributed by atoms with Crippen molar-refractivity contribution < 1.29 is 13.9 Å². The first kappa shape index (κ1) is 7.14. The Balaban J connectivity index is 3.37. The summed E-state index contributed by atoms with van der Waals surface area (Å²) in [5.41, 5.74) is 0. The van der Waals surface area contributed by atoms with Crippen LogP contribution in [0.15, 0.2) is 12.2 Å². The summed E-state index contributed by atoms with van der Waals surface area (Å²) in [5.74, 6) is -0.525. The summed E-state index contributed by atoms with van der Waals surface area (Å²) >= 11 is 0. The maximum Gasteiger partial charge on any atom is 0.330 e. The lowest BCUT2D eigenvalue weighted by Gasteiger charge is -1.85. The van der Waals surface area contributed by atoms with Gasteiger partial charge in [0.15, 0.2) is 0 Å². The molecule has 0 heterocycles. The Morgan fingerprint density at radius 3 is 2.88 bits per heavy atom. The Hall–Kier alpha value is -0.860. The summed E-state index contributed by atoms with van der Waals surface area (Å²) in [4.78, 5) is 10.1. The minimum atomic E-state index is -0.630. The summed E-state index contributed by atoms with van der Waals surface area (Å²) in [6.45, 7) is -0.630. The summed E-state index contributed by atoms with van der Waals surface area (Å²) in [5, 5.41) is 0. The van der Waals surface area contributed by atoms with Crippen LogP contribution < -0.4 is 0 Å². The molecule has 0 rings (SSSR count). The van der Waals surface area contributed by atoms with Gasteiger partial charge in [0.2, 0.25) is 0 Å². The van der Waals surface area contributed by atoms with Crippen molar-refractivity contribution in [1.29, 1.82) is 0 Å². The van der Waals surface area contributed by atoms with E-state index >= 15 is 0 Å². The van der Waals surface area contributed by atoms with Gasteiger partial charge in [-0.25, -0.2) is 9.18 Å². The van der Waals surface area contributed by atoms with Crippen molar-refractivity contribution in [3.8, 4) is 0 Å². The Labute approximate surface area is 47.0 Å². The molecule has 0 aliphatic carbocycles. The number of carbonyl (C=O) groups is 1. The normalized spacial score (nSPS) is 9.75. The molecule has 46 valence electrons. The Morgan fingerprint density at radius 2 is 2.50 bits per heavy atom. The first-order valence-electron chi connectivity index (χ1n) is 2.11. The highest BCUT2D eigenvalue weighted by molar-refractivity contribution is 5.81. The van der Waals surface area contributed by atoms with Gasteiger partial charge in [-0.1, -0.05) is 0 Å². The van der Waals surface area contributed by atoms with E-state index in [9.17, 15) is 9.18 Å². The van der Waals surface area contributed by atoms with E-state index < -0.39 is 12.6 Å². The predicted molar refractivity (Wildman–Crippen MR) is 27.1 cm³/mol. The molecular weight excluding hydrogens is 111 g/mol. The van der Waals surface area contributed by atoms with Gasteiger partial charge in [0.1, 0.15) is 6.67 Å². The van der Waals surface area contributed by atoms with E-state index in [2.05, 4.69) is 4.74 Å². The number of halogens is 1. The lowest BCUT2D eigenvalue weighted by Crippen LogP contribution is -1.93. The summed E-state index contributed by atoms with van der Waals surface area (Å²) in [6.07, 6.45) is 2.13. The van der Waals surface area contributed by atoms with Gasteiger partial charge < -0.3 is 4.74 Å². The minimum Gasteiger partial charge on any atom is -0.466 e. The van der Waals surface area contributed by atoms with Crippen molar-refractivity contribution in [2.75, 3.05) is 13.8 Å². The molecule has 0 aromatic rings. The number of rotatable bonds is 2. The molecule has 2 nitrogen and oxygen atoms in total. The van der Waals surface area contributed by atoms with Gasteiger partial charge in [0.05, 0.1) is 7.11 Å². The van der Waals surface area contributed by atoms with Gasteiger partial charge in [-0.15, -0.1) is 0 Å². The first-order valence-corrected chi connectivity index (χ1v) is 2.11. The highest BCUT2D eigenvalue weighted by atomic mass is 19.1. The van der Waals surface area contributed by atoms with Gasteiger partial charge in [-0.3, -0.25) is 0 Å². The molecule has 0 N–H and O–H groups in total. The number of esters is 1. The van der Waals surface area contributed by atoms with E-state index in [1.165, 1.54) is 7.11 Å². The van der Waals surface area contributed by atoms with Crippen molar-refractivity contribution in [3.63, 3.8) is 0 Å². The number of hydrogen-bond acceptors (Lipinski definition) is 2. The smallest absolute Gasteiger partial charge is 0.330 e. The second kappa shape index (κ2) is 4.30. The molecule has 0 aromatic heterocycles. The quantitative estimate of drug-likeness (QED) is 0.393. The molecule has 0 aliphatic rings. The second-order valence-electron chi connectivity index (χ2n) is 1.08. The fourth-order valence-electron chi connectivity index (χ4n) is 0.209. The molecule has 0 aromatic carbocycles. The van der Waals surface area contributed by atoms with Crippen molar-refractivity contribution in [2.24, 2.45) is 0 Å². The third kappa shape index (κ3) is 3.33.